The van der Waals surface area contributed by atoms with Crippen LogP contribution in [0.3, 0.4) is 0 Å². The maximum absolute atomic E-state index is 13.3. The molecule has 2 aromatic rings. The molecule has 7 heteroatoms. The predicted molar refractivity (Wildman–Crippen MR) is 122 cm³/mol. The van der Waals surface area contributed by atoms with Crippen molar-refractivity contribution in [3.8, 4) is 11.5 Å². The van der Waals surface area contributed by atoms with Gasteiger partial charge in [0.15, 0.2) is 0 Å². The number of hydrogen-bond donors (Lipinski definition) is 1. The Morgan fingerprint density at radius 2 is 1.69 bits per heavy atom. The van der Waals surface area contributed by atoms with E-state index in [0.29, 0.717) is 16.5 Å². The minimum absolute atomic E-state index is 0.0475. The highest BCUT2D eigenvalue weighted by molar-refractivity contribution is 6.46. The van der Waals surface area contributed by atoms with Crippen molar-refractivity contribution in [3.05, 3.63) is 64.2 Å². The average molecular weight is 456 g/mol. The van der Waals surface area contributed by atoms with E-state index in [1.54, 1.807) is 36.3 Å². The van der Waals surface area contributed by atoms with E-state index in [0.717, 1.165) is 37.7 Å². The number of nitrogens with zero attached hydrogens (tertiary/aromatic N) is 1. The van der Waals surface area contributed by atoms with Crippen LogP contribution in [0.2, 0.25) is 5.02 Å². The quantitative estimate of drug-likeness (QED) is 0.385. The number of amides is 1. The van der Waals surface area contributed by atoms with Gasteiger partial charge in [-0.05, 0) is 48.7 Å². The van der Waals surface area contributed by atoms with Crippen molar-refractivity contribution in [1.29, 1.82) is 0 Å². The summed E-state index contributed by atoms with van der Waals surface area (Å²) in [4.78, 5) is 28.1. The largest absolute Gasteiger partial charge is 0.507 e. The van der Waals surface area contributed by atoms with Gasteiger partial charge in [-0.25, -0.2) is 0 Å². The first kappa shape index (κ1) is 22.2. The molecule has 168 valence electrons. The molecule has 1 saturated heterocycles. The van der Waals surface area contributed by atoms with Crippen LogP contribution in [0.25, 0.3) is 5.76 Å². The highest BCUT2D eigenvalue weighted by atomic mass is 35.5. The first-order valence-electron chi connectivity index (χ1n) is 10.7. The topological polar surface area (TPSA) is 76.1 Å². The van der Waals surface area contributed by atoms with Crippen LogP contribution < -0.4 is 9.47 Å². The highest BCUT2D eigenvalue weighted by Crippen LogP contribution is 2.44. The van der Waals surface area contributed by atoms with E-state index in [1.807, 2.05) is 12.1 Å². The standard InChI is InChI=1S/C25H26ClNO5/c1-31-18-11-8-15(9-12-18)22-21(23(28)19-14-16(26)10-13-20(19)32-2)24(29)25(30)27(22)17-6-4-3-5-7-17/h8-14,17,22,28H,3-7H2,1-2H3/b23-21+. The van der Waals surface area contributed by atoms with E-state index >= 15 is 0 Å². The van der Waals surface area contributed by atoms with Crippen LogP contribution in [-0.2, 0) is 9.59 Å². The van der Waals surface area contributed by atoms with Crippen molar-refractivity contribution in [2.45, 2.75) is 44.2 Å². The van der Waals surface area contributed by atoms with Crippen molar-refractivity contribution < 1.29 is 24.2 Å². The summed E-state index contributed by atoms with van der Waals surface area (Å²) in [6, 6.07) is 11.3. The summed E-state index contributed by atoms with van der Waals surface area (Å²) in [5.41, 5.74) is 1.06. The van der Waals surface area contributed by atoms with E-state index in [1.165, 1.54) is 13.2 Å². The Kier molecular flexibility index (Phi) is 6.42. The van der Waals surface area contributed by atoms with Crippen LogP contribution in [0.1, 0.15) is 49.3 Å². The molecule has 2 aromatic carbocycles. The summed E-state index contributed by atoms with van der Waals surface area (Å²) >= 11 is 6.16. The summed E-state index contributed by atoms with van der Waals surface area (Å²) in [6.45, 7) is 0. The molecule has 2 fully saturated rings. The molecule has 1 atom stereocenters. The van der Waals surface area contributed by atoms with Gasteiger partial charge in [-0.15, -0.1) is 0 Å². The Morgan fingerprint density at radius 3 is 2.31 bits per heavy atom. The third-order valence-corrected chi connectivity index (χ3v) is 6.53. The maximum Gasteiger partial charge on any atom is 0.295 e. The molecule has 0 spiro atoms. The van der Waals surface area contributed by atoms with Crippen LogP contribution in [-0.4, -0.2) is 42.0 Å². The number of likely N-dealkylation sites (tertiary alicyclic amines) is 1. The molecule has 1 aliphatic carbocycles. The lowest BCUT2D eigenvalue weighted by molar-refractivity contribution is -0.141. The summed E-state index contributed by atoms with van der Waals surface area (Å²) in [6.07, 6.45) is 4.80. The first-order chi connectivity index (χ1) is 15.5. The summed E-state index contributed by atoms with van der Waals surface area (Å²) in [5.74, 6) is -0.540. The van der Waals surface area contributed by atoms with Crippen molar-refractivity contribution in [2.75, 3.05) is 14.2 Å². The smallest absolute Gasteiger partial charge is 0.295 e. The number of halogens is 1. The molecule has 0 aromatic heterocycles. The zero-order valence-corrected chi connectivity index (χ0v) is 18.9. The van der Waals surface area contributed by atoms with Crippen molar-refractivity contribution in [1.82, 2.24) is 4.90 Å². The molecule has 6 nitrogen and oxygen atoms in total. The SMILES string of the molecule is COc1ccc(C2/C(=C(\O)c3cc(Cl)ccc3OC)C(=O)C(=O)N2C2CCCCC2)cc1. The lowest BCUT2D eigenvalue weighted by Gasteiger charge is -2.35. The number of carbonyl (C=O) groups excluding carboxylic acids is 2. The van der Waals surface area contributed by atoms with E-state index < -0.39 is 17.7 Å². The minimum atomic E-state index is -0.701. The van der Waals surface area contributed by atoms with Gasteiger partial charge in [-0.3, -0.25) is 9.59 Å². The molecule has 2 aliphatic rings. The molecular formula is C25H26ClNO5. The summed E-state index contributed by atoms with van der Waals surface area (Å²) < 4.78 is 10.6. The lowest BCUT2D eigenvalue weighted by Crippen LogP contribution is -2.40. The second-order valence-electron chi connectivity index (χ2n) is 8.12. The van der Waals surface area contributed by atoms with Gasteiger partial charge in [0.25, 0.3) is 11.7 Å². The van der Waals surface area contributed by atoms with Gasteiger partial charge < -0.3 is 19.5 Å². The Morgan fingerprint density at radius 1 is 1.00 bits per heavy atom. The molecule has 4 rings (SSSR count). The Bertz CT molecular complexity index is 1060. The first-order valence-corrected chi connectivity index (χ1v) is 11.1. The molecule has 0 radical (unpaired) electrons. The Labute approximate surface area is 192 Å². The molecule has 1 N–H and O–H groups in total. The third-order valence-electron chi connectivity index (χ3n) is 6.30. The van der Waals surface area contributed by atoms with E-state index in [-0.39, 0.29) is 22.9 Å². The predicted octanol–water partition coefficient (Wildman–Crippen LogP) is 5.11. The molecule has 1 heterocycles. The van der Waals surface area contributed by atoms with Gasteiger partial charge in [0.2, 0.25) is 0 Å². The fourth-order valence-corrected chi connectivity index (χ4v) is 4.88. The second-order valence-corrected chi connectivity index (χ2v) is 8.55. The number of ether oxygens (including phenoxy) is 2. The third kappa shape index (κ3) is 3.95. The molecule has 0 bridgehead atoms. The number of carbonyl (C=O) groups is 2. The van der Waals surface area contributed by atoms with Crippen LogP contribution in [0.15, 0.2) is 48.0 Å². The van der Waals surface area contributed by atoms with E-state index in [4.69, 9.17) is 21.1 Å². The summed E-state index contributed by atoms with van der Waals surface area (Å²) in [7, 11) is 3.05. The number of Topliss-reactive ketones (excluding diaryl/α,β-unsaturated/α-hetero) is 1. The normalized spacial score (nSPS) is 21.1. The molecule has 1 amide bonds. The number of methoxy groups -OCH3 is 2. The number of benzene rings is 2. The van der Waals surface area contributed by atoms with Gasteiger partial charge >= 0.3 is 0 Å². The van der Waals surface area contributed by atoms with Gasteiger partial charge in [0.1, 0.15) is 17.3 Å². The second kappa shape index (κ2) is 9.25. The van der Waals surface area contributed by atoms with Crippen molar-refractivity contribution in [3.63, 3.8) is 0 Å². The van der Waals surface area contributed by atoms with Gasteiger partial charge in [-0.2, -0.15) is 0 Å². The average Bonchev–Trinajstić information content (AvgIpc) is 3.09. The molecule has 32 heavy (non-hydrogen) atoms. The Hall–Kier alpha value is -2.99. The van der Waals surface area contributed by atoms with E-state index in [2.05, 4.69) is 0 Å². The van der Waals surface area contributed by atoms with Gasteiger partial charge in [0, 0.05) is 11.1 Å². The number of aliphatic hydroxyl groups excluding tert-OH is 1. The molecular weight excluding hydrogens is 430 g/mol. The lowest BCUT2D eigenvalue weighted by atomic mass is 9.91. The zero-order chi connectivity index (χ0) is 22.8. The van der Waals surface area contributed by atoms with Crippen molar-refractivity contribution in [2.24, 2.45) is 0 Å². The molecule has 1 unspecified atom stereocenters. The fourth-order valence-electron chi connectivity index (χ4n) is 4.71. The Balaban J connectivity index is 1.90. The van der Waals surface area contributed by atoms with Crippen molar-refractivity contribution >= 4 is 29.1 Å². The number of rotatable bonds is 5. The minimum Gasteiger partial charge on any atom is -0.507 e. The van der Waals surface area contributed by atoms with Crippen LogP contribution in [0, 0.1) is 0 Å². The van der Waals surface area contributed by atoms with Gasteiger partial charge in [0.05, 0.1) is 31.4 Å². The molecule has 1 saturated carbocycles. The monoisotopic (exact) mass is 455 g/mol. The van der Waals surface area contributed by atoms with Crippen LogP contribution in [0.4, 0.5) is 0 Å². The number of ketones is 1. The van der Waals surface area contributed by atoms with E-state index in [9.17, 15) is 14.7 Å². The fraction of sp³-hybridized carbons (Fsp3) is 0.360. The maximum atomic E-state index is 13.3. The number of aliphatic hydroxyl groups is 1. The van der Waals surface area contributed by atoms with Crippen LogP contribution in [0.5, 0.6) is 11.5 Å². The zero-order valence-electron chi connectivity index (χ0n) is 18.1. The van der Waals surface area contributed by atoms with Crippen LogP contribution >= 0.6 is 11.6 Å². The summed E-state index contributed by atoms with van der Waals surface area (Å²) in [5, 5.41) is 11.7. The molecule has 1 aliphatic heterocycles. The number of hydrogen-bond acceptors (Lipinski definition) is 5. The van der Waals surface area contributed by atoms with Gasteiger partial charge in [-0.1, -0.05) is 43.0 Å². The highest BCUT2D eigenvalue weighted by Gasteiger charge is 2.49.